The van der Waals surface area contributed by atoms with Crippen molar-refractivity contribution < 1.29 is 0 Å². The van der Waals surface area contributed by atoms with Crippen LogP contribution in [0.3, 0.4) is 0 Å². The van der Waals surface area contributed by atoms with Gasteiger partial charge in [-0.2, -0.15) is 0 Å². The lowest BCUT2D eigenvalue weighted by molar-refractivity contribution is 0.0495. The molecule has 4 heteroatoms. The third-order valence-corrected chi connectivity index (χ3v) is 4.40. The first-order valence-corrected chi connectivity index (χ1v) is 7.90. The van der Waals surface area contributed by atoms with E-state index in [1.807, 2.05) is 6.07 Å². The van der Waals surface area contributed by atoms with Crippen LogP contribution in [-0.4, -0.2) is 29.6 Å². The lowest BCUT2D eigenvalue weighted by Crippen LogP contribution is -2.58. The first-order chi connectivity index (χ1) is 8.77. The highest BCUT2D eigenvalue weighted by molar-refractivity contribution is 9.10. The summed E-state index contributed by atoms with van der Waals surface area (Å²) in [7, 11) is 0. The van der Waals surface area contributed by atoms with Gasteiger partial charge >= 0.3 is 0 Å². The van der Waals surface area contributed by atoms with Gasteiger partial charge in [-0.1, -0.05) is 27.5 Å². The largest absolute Gasteiger partial charge is 0.307 e. The van der Waals surface area contributed by atoms with E-state index in [4.69, 9.17) is 11.6 Å². The highest BCUT2D eigenvalue weighted by atomic mass is 79.9. The van der Waals surface area contributed by atoms with Crippen molar-refractivity contribution in [3.05, 3.63) is 33.3 Å². The molecule has 1 fully saturated rings. The number of hydrogen-bond acceptors (Lipinski definition) is 2. The van der Waals surface area contributed by atoms with Crippen LogP contribution in [0.25, 0.3) is 0 Å². The standard InChI is InChI=1S/C15H22BrClN2/c1-10-8-18-14(9-19(10)15(2,3)4)11-5-12(16)7-13(17)6-11/h5-7,10,14,18H,8-9H2,1-4H3/t10-,14-/m0/s1. The summed E-state index contributed by atoms with van der Waals surface area (Å²) in [6, 6.07) is 7.03. The van der Waals surface area contributed by atoms with Crippen LogP contribution in [0.5, 0.6) is 0 Å². The summed E-state index contributed by atoms with van der Waals surface area (Å²) < 4.78 is 1.04. The molecule has 106 valence electrons. The Morgan fingerprint density at radius 3 is 2.58 bits per heavy atom. The second-order valence-electron chi connectivity index (χ2n) is 6.34. The fourth-order valence-corrected chi connectivity index (χ4v) is 3.69. The van der Waals surface area contributed by atoms with Crippen LogP contribution >= 0.6 is 27.5 Å². The van der Waals surface area contributed by atoms with Gasteiger partial charge in [0.25, 0.3) is 0 Å². The van der Waals surface area contributed by atoms with Gasteiger partial charge < -0.3 is 5.32 Å². The maximum atomic E-state index is 6.15. The molecule has 1 aliphatic heterocycles. The van der Waals surface area contributed by atoms with Crippen LogP contribution in [0.4, 0.5) is 0 Å². The minimum absolute atomic E-state index is 0.190. The summed E-state index contributed by atoms with van der Waals surface area (Å²) in [5.74, 6) is 0. The topological polar surface area (TPSA) is 15.3 Å². The first kappa shape index (κ1) is 15.3. The Hall–Kier alpha value is -0.0900. The predicted octanol–water partition coefficient (Wildman–Crippen LogP) is 4.24. The van der Waals surface area contributed by atoms with E-state index < -0.39 is 0 Å². The van der Waals surface area contributed by atoms with Crippen molar-refractivity contribution in [1.29, 1.82) is 0 Å². The Labute approximate surface area is 129 Å². The summed E-state index contributed by atoms with van der Waals surface area (Å²) in [6.07, 6.45) is 0. The number of nitrogens with one attached hydrogen (secondary N) is 1. The van der Waals surface area contributed by atoms with Crippen molar-refractivity contribution in [2.45, 2.75) is 45.3 Å². The highest BCUT2D eigenvalue weighted by Gasteiger charge is 2.32. The van der Waals surface area contributed by atoms with Crippen molar-refractivity contribution in [2.75, 3.05) is 13.1 Å². The van der Waals surface area contributed by atoms with Crippen molar-refractivity contribution in [3.8, 4) is 0 Å². The Morgan fingerprint density at radius 1 is 1.32 bits per heavy atom. The molecule has 1 saturated heterocycles. The Balaban J connectivity index is 2.22. The van der Waals surface area contributed by atoms with Gasteiger partial charge in [0, 0.05) is 40.2 Å². The zero-order valence-electron chi connectivity index (χ0n) is 12.0. The zero-order chi connectivity index (χ0) is 14.2. The third-order valence-electron chi connectivity index (χ3n) is 3.72. The van der Waals surface area contributed by atoms with Gasteiger partial charge in [0.05, 0.1) is 0 Å². The molecule has 1 heterocycles. The smallest absolute Gasteiger partial charge is 0.0451 e. The van der Waals surface area contributed by atoms with Gasteiger partial charge in [0.1, 0.15) is 0 Å². The molecule has 2 rings (SSSR count). The van der Waals surface area contributed by atoms with Crippen LogP contribution in [0.15, 0.2) is 22.7 Å². The van der Waals surface area contributed by atoms with Crippen LogP contribution in [0, 0.1) is 0 Å². The van der Waals surface area contributed by atoms with E-state index in [0.29, 0.717) is 12.1 Å². The van der Waals surface area contributed by atoms with Gasteiger partial charge in [-0.15, -0.1) is 0 Å². The van der Waals surface area contributed by atoms with E-state index in [9.17, 15) is 0 Å². The molecule has 1 aromatic rings. The molecule has 0 spiro atoms. The molecule has 0 bridgehead atoms. The summed E-state index contributed by atoms with van der Waals surface area (Å²) in [6.45, 7) is 11.1. The van der Waals surface area contributed by atoms with Crippen molar-refractivity contribution in [2.24, 2.45) is 0 Å². The van der Waals surface area contributed by atoms with Crippen LogP contribution in [0.2, 0.25) is 5.02 Å². The second kappa shape index (κ2) is 5.72. The first-order valence-electron chi connectivity index (χ1n) is 6.73. The molecular formula is C15H22BrClN2. The van der Waals surface area contributed by atoms with E-state index in [-0.39, 0.29) is 5.54 Å². The minimum Gasteiger partial charge on any atom is -0.307 e. The number of nitrogens with zero attached hydrogens (tertiary/aromatic N) is 1. The van der Waals surface area contributed by atoms with E-state index >= 15 is 0 Å². The van der Waals surface area contributed by atoms with Gasteiger partial charge in [-0.25, -0.2) is 0 Å². The molecule has 1 N–H and O–H groups in total. The molecule has 0 amide bonds. The monoisotopic (exact) mass is 344 g/mol. The summed E-state index contributed by atoms with van der Waals surface area (Å²) >= 11 is 9.67. The minimum atomic E-state index is 0.190. The van der Waals surface area contributed by atoms with Gasteiger partial charge in [0.15, 0.2) is 0 Å². The quantitative estimate of drug-likeness (QED) is 0.819. The van der Waals surface area contributed by atoms with E-state index in [0.717, 1.165) is 22.6 Å². The van der Waals surface area contributed by atoms with E-state index in [2.05, 4.69) is 66.0 Å². The predicted molar refractivity (Wildman–Crippen MR) is 85.8 cm³/mol. The van der Waals surface area contributed by atoms with Crippen molar-refractivity contribution in [1.82, 2.24) is 10.2 Å². The molecule has 0 unspecified atom stereocenters. The summed E-state index contributed by atoms with van der Waals surface area (Å²) in [5, 5.41) is 4.40. The summed E-state index contributed by atoms with van der Waals surface area (Å²) in [4.78, 5) is 2.56. The van der Waals surface area contributed by atoms with Gasteiger partial charge in [-0.3, -0.25) is 4.90 Å². The SMILES string of the molecule is C[C@H]1CN[C@H](c2cc(Cl)cc(Br)c2)CN1C(C)(C)C. The number of benzene rings is 1. The third kappa shape index (κ3) is 3.72. The molecule has 0 radical (unpaired) electrons. The maximum Gasteiger partial charge on any atom is 0.0451 e. The Kier molecular flexibility index (Phi) is 4.61. The Bertz CT molecular complexity index is 436. The molecule has 0 saturated carbocycles. The maximum absolute atomic E-state index is 6.15. The van der Waals surface area contributed by atoms with Crippen LogP contribution in [-0.2, 0) is 0 Å². The highest BCUT2D eigenvalue weighted by Crippen LogP contribution is 2.29. The second-order valence-corrected chi connectivity index (χ2v) is 7.69. The Morgan fingerprint density at radius 2 is 2.00 bits per heavy atom. The van der Waals surface area contributed by atoms with Crippen LogP contribution < -0.4 is 5.32 Å². The number of hydrogen-bond donors (Lipinski definition) is 1. The molecule has 2 atom stereocenters. The van der Waals surface area contributed by atoms with Gasteiger partial charge in [-0.05, 0) is 51.5 Å². The molecule has 2 nitrogen and oxygen atoms in total. The van der Waals surface area contributed by atoms with Gasteiger partial charge in [0.2, 0.25) is 0 Å². The average Bonchev–Trinajstić information content (AvgIpc) is 2.26. The lowest BCUT2D eigenvalue weighted by Gasteiger charge is -2.46. The number of halogens is 2. The zero-order valence-corrected chi connectivity index (χ0v) is 14.3. The van der Waals surface area contributed by atoms with Crippen LogP contribution in [0.1, 0.15) is 39.3 Å². The fraction of sp³-hybridized carbons (Fsp3) is 0.600. The molecule has 1 aliphatic rings. The molecule has 1 aromatic carbocycles. The normalized spacial score (nSPS) is 25.6. The van der Waals surface area contributed by atoms with Crippen molar-refractivity contribution in [3.63, 3.8) is 0 Å². The molecule has 0 aromatic heterocycles. The molecule has 19 heavy (non-hydrogen) atoms. The van der Waals surface area contributed by atoms with Crippen molar-refractivity contribution >= 4 is 27.5 Å². The lowest BCUT2D eigenvalue weighted by atomic mass is 9.96. The average molecular weight is 346 g/mol. The molecule has 0 aliphatic carbocycles. The summed E-state index contributed by atoms with van der Waals surface area (Å²) in [5.41, 5.74) is 1.44. The number of rotatable bonds is 1. The number of piperazine rings is 1. The van der Waals surface area contributed by atoms with E-state index in [1.54, 1.807) is 0 Å². The van der Waals surface area contributed by atoms with E-state index in [1.165, 1.54) is 5.56 Å². The fourth-order valence-electron chi connectivity index (χ4n) is 2.80. The molecular weight excluding hydrogens is 324 g/mol.